The summed E-state index contributed by atoms with van der Waals surface area (Å²) in [4.78, 5) is 23.1. The second kappa shape index (κ2) is 6.92. The smallest absolute Gasteiger partial charge is 0.407 e. The predicted molar refractivity (Wildman–Crippen MR) is 75.0 cm³/mol. The van der Waals surface area contributed by atoms with Gasteiger partial charge in [-0.3, -0.25) is 0 Å². The van der Waals surface area contributed by atoms with Crippen LogP contribution in [-0.4, -0.2) is 24.0 Å². The highest BCUT2D eigenvalue weighted by Gasteiger charge is 2.34. The number of hydrogen-bond donors (Lipinski definition) is 1. The van der Waals surface area contributed by atoms with Crippen LogP contribution in [0, 0.1) is 11.8 Å². The number of ether oxygens (including phenoxy) is 1. The fourth-order valence-corrected chi connectivity index (χ4v) is 2.85. The van der Waals surface area contributed by atoms with Crippen molar-refractivity contribution >= 4 is 12.4 Å². The zero-order chi connectivity index (χ0) is 14.5. The fourth-order valence-electron chi connectivity index (χ4n) is 2.85. The molecule has 1 rings (SSSR count). The number of aldehydes is 1. The molecule has 0 saturated heterocycles. The van der Waals surface area contributed by atoms with Crippen LogP contribution in [0.25, 0.3) is 0 Å². The van der Waals surface area contributed by atoms with Crippen molar-refractivity contribution in [3.63, 3.8) is 0 Å². The number of carbonyl (C=O) groups is 2. The van der Waals surface area contributed by atoms with E-state index in [-0.39, 0.29) is 12.0 Å². The Morgan fingerprint density at radius 3 is 2.58 bits per heavy atom. The number of amides is 1. The zero-order valence-electron chi connectivity index (χ0n) is 12.6. The van der Waals surface area contributed by atoms with Crippen molar-refractivity contribution < 1.29 is 14.3 Å². The lowest BCUT2D eigenvalue weighted by Crippen LogP contribution is -2.47. The van der Waals surface area contributed by atoms with Gasteiger partial charge in [-0.1, -0.05) is 19.8 Å². The molecule has 1 aliphatic rings. The lowest BCUT2D eigenvalue weighted by molar-refractivity contribution is -0.114. The molecular weight excluding hydrogens is 242 g/mol. The molecule has 0 heterocycles. The maximum Gasteiger partial charge on any atom is 0.407 e. The van der Waals surface area contributed by atoms with Crippen molar-refractivity contribution in [3.8, 4) is 0 Å². The van der Waals surface area contributed by atoms with E-state index in [9.17, 15) is 9.59 Å². The first-order chi connectivity index (χ1) is 8.87. The van der Waals surface area contributed by atoms with Crippen molar-refractivity contribution in [3.05, 3.63) is 0 Å². The second-order valence-electron chi connectivity index (χ2n) is 6.45. The van der Waals surface area contributed by atoms with Gasteiger partial charge < -0.3 is 14.8 Å². The van der Waals surface area contributed by atoms with Gasteiger partial charge in [-0.05, 0) is 46.0 Å². The summed E-state index contributed by atoms with van der Waals surface area (Å²) in [5.74, 6) is 0.331. The van der Waals surface area contributed by atoms with Crippen molar-refractivity contribution in [2.24, 2.45) is 11.8 Å². The summed E-state index contributed by atoms with van der Waals surface area (Å²) in [6, 6.07) is -0.0716. The normalized spacial score (nSPS) is 27.7. The van der Waals surface area contributed by atoms with Crippen LogP contribution in [-0.2, 0) is 9.53 Å². The van der Waals surface area contributed by atoms with E-state index in [0.29, 0.717) is 5.92 Å². The first-order valence-corrected chi connectivity index (χ1v) is 7.32. The summed E-state index contributed by atoms with van der Waals surface area (Å²) in [7, 11) is 0. The highest BCUT2D eigenvalue weighted by atomic mass is 16.6. The van der Waals surface area contributed by atoms with Crippen LogP contribution in [0.15, 0.2) is 0 Å². The third-order valence-electron chi connectivity index (χ3n) is 3.62. The third-order valence-corrected chi connectivity index (χ3v) is 3.62. The van der Waals surface area contributed by atoms with Crippen LogP contribution in [0.1, 0.15) is 59.8 Å². The molecule has 1 amide bonds. The minimum atomic E-state index is -0.502. The lowest BCUT2D eigenvalue weighted by Gasteiger charge is -2.35. The van der Waals surface area contributed by atoms with E-state index in [1.165, 1.54) is 0 Å². The van der Waals surface area contributed by atoms with Crippen LogP contribution in [0.4, 0.5) is 4.79 Å². The van der Waals surface area contributed by atoms with Crippen molar-refractivity contribution in [1.82, 2.24) is 5.32 Å². The van der Waals surface area contributed by atoms with Gasteiger partial charge in [-0.2, -0.15) is 0 Å². The highest BCUT2D eigenvalue weighted by Crippen LogP contribution is 2.32. The zero-order valence-corrected chi connectivity index (χ0v) is 12.6. The SMILES string of the molecule is CCC[C@H]1CCC[C@H](NC(=O)OC(C)(C)C)[C@H]1C=O. The molecule has 1 fully saturated rings. The molecule has 1 aliphatic carbocycles. The number of rotatable bonds is 4. The van der Waals surface area contributed by atoms with Gasteiger partial charge in [-0.15, -0.1) is 0 Å². The quantitative estimate of drug-likeness (QED) is 0.797. The Kier molecular flexibility index (Phi) is 5.83. The average molecular weight is 269 g/mol. The minimum absolute atomic E-state index is 0.0683. The van der Waals surface area contributed by atoms with Crippen LogP contribution >= 0.6 is 0 Å². The van der Waals surface area contributed by atoms with Gasteiger partial charge >= 0.3 is 6.09 Å². The van der Waals surface area contributed by atoms with Gasteiger partial charge in [0.05, 0.1) is 0 Å². The van der Waals surface area contributed by atoms with Crippen LogP contribution < -0.4 is 5.32 Å². The Labute approximate surface area is 116 Å². The van der Waals surface area contributed by atoms with E-state index < -0.39 is 11.7 Å². The van der Waals surface area contributed by atoms with Crippen LogP contribution in [0.5, 0.6) is 0 Å². The molecule has 0 bridgehead atoms. The Bertz CT molecular complexity index is 307. The second-order valence-corrected chi connectivity index (χ2v) is 6.45. The predicted octanol–water partition coefficient (Wildman–Crippen LogP) is 3.30. The number of alkyl carbamates (subject to hydrolysis) is 1. The third kappa shape index (κ3) is 5.21. The van der Waals surface area contributed by atoms with Crippen molar-refractivity contribution in [2.45, 2.75) is 71.4 Å². The molecule has 19 heavy (non-hydrogen) atoms. The summed E-state index contributed by atoms with van der Waals surface area (Å²) in [6.07, 6.45) is 5.75. The summed E-state index contributed by atoms with van der Waals surface area (Å²) >= 11 is 0. The van der Waals surface area contributed by atoms with Crippen molar-refractivity contribution in [1.29, 1.82) is 0 Å². The summed E-state index contributed by atoms with van der Waals surface area (Å²) in [5, 5.41) is 2.87. The summed E-state index contributed by atoms with van der Waals surface area (Å²) < 4.78 is 5.26. The molecule has 0 aromatic rings. The molecular formula is C15H27NO3. The Hall–Kier alpha value is -1.06. The van der Waals surface area contributed by atoms with Gasteiger partial charge in [0.25, 0.3) is 0 Å². The highest BCUT2D eigenvalue weighted by molar-refractivity contribution is 5.69. The van der Waals surface area contributed by atoms with E-state index in [1.807, 2.05) is 20.8 Å². The minimum Gasteiger partial charge on any atom is -0.444 e. The molecule has 1 N–H and O–H groups in total. The number of hydrogen-bond acceptors (Lipinski definition) is 3. The summed E-state index contributed by atoms with van der Waals surface area (Å²) in [5.41, 5.74) is -0.502. The molecule has 110 valence electrons. The Morgan fingerprint density at radius 1 is 1.37 bits per heavy atom. The molecule has 0 unspecified atom stereocenters. The molecule has 0 spiro atoms. The van der Waals surface area contributed by atoms with E-state index in [2.05, 4.69) is 12.2 Å². The van der Waals surface area contributed by atoms with Crippen LogP contribution in [0.2, 0.25) is 0 Å². The molecule has 4 heteroatoms. The van der Waals surface area contributed by atoms with Gasteiger partial charge in [-0.25, -0.2) is 4.79 Å². The lowest BCUT2D eigenvalue weighted by atomic mass is 9.74. The standard InChI is InChI=1S/C15H27NO3/c1-5-7-11-8-6-9-13(12(11)10-17)16-14(18)19-15(2,3)4/h10-13H,5-9H2,1-4H3,(H,16,18)/t11-,12-,13-/m0/s1. The summed E-state index contributed by atoms with van der Waals surface area (Å²) in [6.45, 7) is 7.65. The van der Waals surface area contributed by atoms with Gasteiger partial charge in [0.1, 0.15) is 11.9 Å². The molecule has 0 aromatic carbocycles. The number of carbonyl (C=O) groups excluding carboxylic acids is 2. The topological polar surface area (TPSA) is 55.4 Å². The van der Waals surface area contributed by atoms with E-state index in [4.69, 9.17) is 4.74 Å². The monoisotopic (exact) mass is 269 g/mol. The molecule has 0 aromatic heterocycles. The average Bonchev–Trinajstić information content (AvgIpc) is 2.27. The maximum atomic E-state index is 11.8. The first kappa shape index (κ1) is 16.0. The fraction of sp³-hybridized carbons (Fsp3) is 0.867. The Balaban J connectivity index is 2.60. The molecule has 4 nitrogen and oxygen atoms in total. The van der Waals surface area contributed by atoms with E-state index in [0.717, 1.165) is 38.4 Å². The van der Waals surface area contributed by atoms with Gasteiger partial charge in [0, 0.05) is 12.0 Å². The number of nitrogens with one attached hydrogen (secondary N) is 1. The molecule has 1 saturated carbocycles. The van der Waals surface area contributed by atoms with Crippen LogP contribution in [0.3, 0.4) is 0 Å². The first-order valence-electron chi connectivity index (χ1n) is 7.32. The van der Waals surface area contributed by atoms with Crippen molar-refractivity contribution in [2.75, 3.05) is 0 Å². The maximum absolute atomic E-state index is 11.8. The van der Waals surface area contributed by atoms with E-state index >= 15 is 0 Å². The molecule has 0 aliphatic heterocycles. The Morgan fingerprint density at radius 2 is 2.05 bits per heavy atom. The van der Waals surface area contributed by atoms with Gasteiger partial charge in [0.15, 0.2) is 0 Å². The van der Waals surface area contributed by atoms with E-state index in [1.54, 1.807) is 0 Å². The molecule has 0 radical (unpaired) electrons. The van der Waals surface area contributed by atoms with Gasteiger partial charge in [0.2, 0.25) is 0 Å². The largest absolute Gasteiger partial charge is 0.444 e. The molecule has 3 atom stereocenters.